The minimum absolute atomic E-state index is 0.0137. The van der Waals surface area contributed by atoms with E-state index in [1.807, 2.05) is 26.8 Å². The van der Waals surface area contributed by atoms with Gasteiger partial charge < -0.3 is 38.8 Å². The summed E-state index contributed by atoms with van der Waals surface area (Å²) in [6, 6.07) is -1.06. The normalized spacial score (nSPS) is 40.1. The minimum Gasteiger partial charge on any atom is -0.456 e. The molecule has 3 heterocycles. The Balaban J connectivity index is 1.78. The first-order chi connectivity index (χ1) is 27.0. The maximum absolute atomic E-state index is 14.4. The van der Waals surface area contributed by atoms with E-state index in [1.165, 1.54) is 4.90 Å². The highest BCUT2D eigenvalue weighted by Crippen LogP contribution is 2.39. The highest BCUT2D eigenvalue weighted by atomic mass is 16.7. The van der Waals surface area contributed by atoms with E-state index in [0.717, 1.165) is 18.4 Å². The number of Topliss-reactive ketones (excluding diaryl/α,β-unsaturated/α-hetero) is 2. The number of hydrogen-bond acceptors (Lipinski definition) is 11. The Kier molecular flexibility index (Phi) is 17.3. The number of ether oxygens (including phenoxy) is 5. The van der Waals surface area contributed by atoms with Gasteiger partial charge in [0, 0.05) is 46.1 Å². The first-order valence-corrected chi connectivity index (χ1v) is 21.2. The van der Waals surface area contributed by atoms with Crippen molar-refractivity contribution in [3.05, 3.63) is 36.0 Å². The molecule has 0 aromatic carbocycles. The van der Waals surface area contributed by atoms with E-state index < -0.39 is 65.9 Å². The Hall–Kier alpha value is -2.74. The Morgan fingerprint density at radius 1 is 0.930 bits per heavy atom. The van der Waals surface area contributed by atoms with E-state index in [4.69, 9.17) is 23.7 Å². The molecule has 12 heteroatoms. The molecule has 12 nitrogen and oxygen atoms in total. The largest absolute Gasteiger partial charge is 0.456 e. The second kappa shape index (κ2) is 21.0. The van der Waals surface area contributed by atoms with Crippen LogP contribution in [0.2, 0.25) is 0 Å². The fourth-order valence-electron chi connectivity index (χ4n) is 9.64. The molecule has 4 aliphatic rings. The zero-order chi connectivity index (χ0) is 42.2. The number of rotatable bonds is 7. The van der Waals surface area contributed by atoms with Gasteiger partial charge in [-0.3, -0.25) is 14.4 Å². The summed E-state index contributed by atoms with van der Waals surface area (Å²) in [5.41, 5.74) is 1.50. The lowest BCUT2D eigenvalue weighted by molar-refractivity contribution is -0.302. The van der Waals surface area contributed by atoms with Crippen molar-refractivity contribution >= 4 is 23.4 Å². The number of hydrogen-bond donors (Lipinski definition) is 2. The zero-order valence-corrected chi connectivity index (χ0v) is 35.9. The molecule has 0 radical (unpaired) electrons. The predicted octanol–water partition coefficient (Wildman–Crippen LogP) is 5.91. The molecule has 14 atom stereocenters. The third kappa shape index (κ3) is 11.3. The SMILES string of the molecule is C=CCC1=CC(C)C[C@H](C)C[C@H](OC)[C@H]2O[C@@](O)(C(=O)C(=O)N3CCCC[C@H]3C(=O)O[C@H](C(C)=C[C@@H]3CC[C@@H](O)[C@H](OC)C3)[C@H](C)[C@@H](C)CC1=O)[C@H](C)C[C@@H]2OC. The number of fused-ring (bicyclic) bond motifs is 3. The Morgan fingerprint density at radius 3 is 2.25 bits per heavy atom. The van der Waals surface area contributed by atoms with Crippen molar-refractivity contribution in [2.45, 2.75) is 161 Å². The van der Waals surface area contributed by atoms with Crippen LogP contribution in [0.3, 0.4) is 0 Å². The molecule has 3 aliphatic heterocycles. The molecule has 0 aromatic heterocycles. The maximum atomic E-state index is 14.4. The first-order valence-electron chi connectivity index (χ1n) is 21.2. The van der Waals surface area contributed by atoms with Crippen molar-refractivity contribution in [2.24, 2.45) is 35.5 Å². The van der Waals surface area contributed by atoms with Gasteiger partial charge in [0.25, 0.3) is 11.7 Å². The molecule has 2 bridgehead atoms. The van der Waals surface area contributed by atoms with Gasteiger partial charge in [-0.2, -0.15) is 0 Å². The highest BCUT2D eigenvalue weighted by molar-refractivity contribution is 6.39. The third-order valence-electron chi connectivity index (χ3n) is 13.3. The van der Waals surface area contributed by atoms with E-state index in [2.05, 4.69) is 26.5 Å². The number of amides is 1. The zero-order valence-electron chi connectivity index (χ0n) is 35.9. The number of nitrogens with zero attached hydrogens (tertiary/aromatic N) is 1. The number of esters is 1. The van der Waals surface area contributed by atoms with Crippen molar-refractivity contribution in [3.8, 4) is 0 Å². The number of cyclic esters (lactones) is 1. The van der Waals surface area contributed by atoms with Gasteiger partial charge in [0.2, 0.25) is 5.79 Å². The van der Waals surface area contributed by atoms with Crippen LogP contribution in [0, 0.1) is 35.5 Å². The topological polar surface area (TPSA) is 158 Å². The quantitative estimate of drug-likeness (QED) is 0.179. The number of carbonyl (C=O) groups excluding carboxylic acids is 4. The van der Waals surface area contributed by atoms with Crippen LogP contribution < -0.4 is 0 Å². The number of carbonyl (C=O) groups is 4. The summed E-state index contributed by atoms with van der Waals surface area (Å²) in [6.45, 7) is 15.8. The van der Waals surface area contributed by atoms with E-state index in [1.54, 1.807) is 34.3 Å². The van der Waals surface area contributed by atoms with Crippen LogP contribution in [0.5, 0.6) is 0 Å². The number of ketones is 2. The van der Waals surface area contributed by atoms with Gasteiger partial charge >= 0.3 is 5.97 Å². The summed E-state index contributed by atoms with van der Waals surface area (Å²) >= 11 is 0. The average Bonchev–Trinajstić information content (AvgIpc) is 3.18. The van der Waals surface area contributed by atoms with E-state index in [0.29, 0.717) is 44.1 Å². The molecular formula is C45H71NO11. The molecule has 4 rings (SSSR count). The molecule has 0 spiro atoms. The molecule has 2 saturated heterocycles. The molecule has 1 unspecified atom stereocenters. The maximum Gasteiger partial charge on any atom is 0.329 e. The molecule has 3 fully saturated rings. The molecule has 322 valence electrons. The van der Waals surface area contributed by atoms with Crippen LogP contribution in [0.15, 0.2) is 36.0 Å². The summed E-state index contributed by atoms with van der Waals surface area (Å²) in [4.78, 5) is 58.2. The van der Waals surface area contributed by atoms with E-state index >= 15 is 0 Å². The van der Waals surface area contributed by atoms with Crippen LogP contribution in [0.1, 0.15) is 112 Å². The van der Waals surface area contributed by atoms with Crippen molar-refractivity contribution in [3.63, 3.8) is 0 Å². The Labute approximate surface area is 340 Å². The van der Waals surface area contributed by atoms with Crippen LogP contribution in [0.25, 0.3) is 0 Å². The van der Waals surface area contributed by atoms with Crippen molar-refractivity contribution in [2.75, 3.05) is 27.9 Å². The monoisotopic (exact) mass is 802 g/mol. The number of allylic oxidation sites excluding steroid dienone is 4. The van der Waals surface area contributed by atoms with Gasteiger partial charge in [0.15, 0.2) is 5.78 Å². The second-order valence-corrected chi connectivity index (χ2v) is 17.7. The lowest BCUT2D eigenvalue weighted by Gasteiger charge is -2.47. The van der Waals surface area contributed by atoms with Crippen molar-refractivity contribution in [1.29, 1.82) is 0 Å². The lowest BCUT2D eigenvalue weighted by Crippen LogP contribution is -2.64. The van der Waals surface area contributed by atoms with Crippen LogP contribution >= 0.6 is 0 Å². The molecule has 2 N–H and O–H groups in total. The summed E-state index contributed by atoms with van der Waals surface area (Å²) in [5, 5.41) is 22.5. The van der Waals surface area contributed by atoms with Crippen LogP contribution in [-0.2, 0) is 42.9 Å². The summed E-state index contributed by atoms with van der Waals surface area (Å²) in [5.74, 6) is -6.36. The highest BCUT2D eigenvalue weighted by Gasteiger charge is 2.56. The van der Waals surface area contributed by atoms with E-state index in [9.17, 15) is 29.4 Å². The van der Waals surface area contributed by atoms with Crippen LogP contribution in [0.4, 0.5) is 0 Å². The van der Waals surface area contributed by atoms with Crippen molar-refractivity contribution in [1.82, 2.24) is 4.90 Å². The van der Waals surface area contributed by atoms with Gasteiger partial charge in [0.1, 0.15) is 18.2 Å². The molecular weight excluding hydrogens is 730 g/mol. The van der Waals surface area contributed by atoms with Gasteiger partial charge in [0.05, 0.1) is 24.4 Å². The standard InChI is InChI=1S/C45H71NO11/c1-11-14-33-20-26(2)19-27(3)21-38(54-9)41-39(55-10)24-30(6)45(52,57-41)42(49)43(50)46-18-13-12-15-34(46)44(51)56-40(31(7)28(4)23-36(33)48)29(5)22-32-16-17-35(47)37(25-32)53-8/h11,20,22,26-28,30-32,34-35,37-41,47,52H,1,12-19,21,23-25H2,2-10H3/t26?,27-,28-,30+,31+,32-,34-,35+,37+,38-,39-,40+,41+,45+/m0/s1. The minimum atomic E-state index is -2.48. The van der Waals surface area contributed by atoms with Gasteiger partial charge in [-0.15, -0.1) is 6.58 Å². The smallest absolute Gasteiger partial charge is 0.329 e. The Morgan fingerprint density at radius 2 is 1.60 bits per heavy atom. The van der Waals surface area contributed by atoms with Crippen molar-refractivity contribution < 1.29 is 53.1 Å². The molecule has 1 saturated carbocycles. The summed E-state index contributed by atoms with van der Waals surface area (Å²) in [6.07, 6.45) is 7.83. The van der Waals surface area contributed by atoms with Crippen LogP contribution in [-0.4, -0.2) is 115 Å². The second-order valence-electron chi connectivity index (χ2n) is 17.7. The molecule has 57 heavy (non-hydrogen) atoms. The molecule has 1 amide bonds. The molecule has 0 aromatic rings. The number of piperidine rings is 1. The Bertz CT molecular complexity index is 1480. The number of aliphatic hydroxyl groups excluding tert-OH is 1. The van der Waals surface area contributed by atoms with Gasteiger partial charge in [-0.1, -0.05) is 52.8 Å². The molecule has 1 aliphatic carbocycles. The first kappa shape index (κ1) is 46.9. The van der Waals surface area contributed by atoms with Gasteiger partial charge in [-0.05, 0) is 106 Å². The summed E-state index contributed by atoms with van der Waals surface area (Å²) in [7, 11) is 4.69. The predicted molar refractivity (Wildman–Crippen MR) is 216 cm³/mol. The number of aliphatic hydroxyl groups is 2. The summed E-state index contributed by atoms with van der Waals surface area (Å²) < 4.78 is 30.0. The average molecular weight is 802 g/mol. The fourth-order valence-corrected chi connectivity index (χ4v) is 9.64. The lowest BCUT2D eigenvalue weighted by atomic mass is 9.79. The van der Waals surface area contributed by atoms with E-state index in [-0.39, 0.29) is 67.3 Å². The fraction of sp³-hybridized carbons (Fsp3) is 0.778. The van der Waals surface area contributed by atoms with Gasteiger partial charge in [-0.25, -0.2) is 4.79 Å². The number of methoxy groups -OCH3 is 3. The third-order valence-corrected chi connectivity index (χ3v) is 13.3.